The fourth-order valence-corrected chi connectivity index (χ4v) is 4.03. The number of carboxylic acids is 1. The van der Waals surface area contributed by atoms with E-state index in [1.807, 2.05) is 6.07 Å². The third-order valence-corrected chi connectivity index (χ3v) is 5.85. The first-order valence-corrected chi connectivity index (χ1v) is 9.88. The molecule has 5 nitrogen and oxygen atoms in total. The van der Waals surface area contributed by atoms with Crippen LogP contribution < -0.4 is 5.32 Å². The molecule has 1 aliphatic heterocycles. The van der Waals surface area contributed by atoms with Crippen LogP contribution in [0.1, 0.15) is 46.8 Å². The highest BCUT2D eigenvalue weighted by molar-refractivity contribution is 5.87. The molecule has 0 spiro atoms. The molecule has 2 aliphatic rings. The van der Waals surface area contributed by atoms with Crippen LogP contribution in [0, 0.1) is 5.92 Å². The Morgan fingerprint density at radius 2 is 1.93 bits per heavy atom. The summed E-state index contributed by atoms with van der Waals surface area (Å²) < 4.78 is 0. The van der Waals surface area contributed by atoms with Gasteiger partial charge in [-0.05, 0) is 62.5 Å². The third-order valence-electron chi connectivity index (χ3n) is 5.85. The Balaban J connectivity index is 1.17. The largest absolute Gasteiger partial charge is 0.478 e. The first kappa shape index (κ1) is 18.1. The van der Waals surface area contributed by atoms with Crippen molar-refractivity contribution in [3.63, 3.8) is 0 Å². The van der Waals surface area contributed by atoms with Crippen LogP contribution in [0.5, 0.6) is 0 Å². The monoisotopic (exact) mass is 365 g/mol. The number of carbonyl (C=O) groups is 1. The number of nitrogens with one attached hydrogen (secondary N) is 1. The summed E-state index contributed by atoms with van der Waals surface area (Å²) in [6.07, 6.45) is 5.14. The van der Waals surface area contributed by atoms with Crippen LogP contribution in [0.15, 0.2) is 48.7 Å². The van der Waals surface area contributed by atoms with E-state index >= 15 is 0 Å². The van der Waals surface area contributed by atoms with Crippen LogP contribution in [0.3, 0.4) is 0 Å². The molecule has 2 heterocycles. The Hall–Kier alpha value is -2.24. The molecule has 2 N–H and O–H groups in total. The molecule has 4 rings (SSSR count). The normalized spacial score (nSPS) is 23.3. The molecule has 5 heteroatoms. The summed E-state index contributed by atoms with van der Waals surface area (Å²) in [5.41, 5.74) is 2.66. The third kappa shape index (κ3) is 4.73. The number of benzene rings is 1. The summed E-state index contributed by atoms with van der Waals surface area (Å²) in [6.45, 7) is 4.09. The number of rotatable bonds is 7. The maximum absolute atomic E-state index is 10.9. The van der Waals surface area contributed by atoms with Crippen molar-refractivity contribution in [3.8, 4) is 0 Å². The van der Waals surface area contributed by atoms with E-state index in [-0.39, 0.29) is 5.56 Å². The number of aromatic nitrogens is 1. The molecule has 0 unspecified atom stereocenters. The van der Waals surface area contributed by atoms with Crippen LogP contribution in [-0.4, -0.2) is 46.6 Å². The summed E-state index contributed by atoms with van der Waals surface area (Å²) >= 11 is 0. The highest BCUT2D eigenvalue weighted by Gasteiger charge is 2.38. The molecular formula is C22H27N3O2. The van der Waals surface area contributed by atoms with E-state index in [4.69, 9.17) is 5.11 Å². The zero-order valence-corrected chi connectivity index (χ0v) is 15.6. The second-order valence-electron chi connectivity index (χ2n) is 7.83. The summed E-state index contributed by atoms with van der Waals surface area (Å²) in [6, 6.07) is 14.9. The van der Waals surface area contributed by atoms with Gasteiger partial charge in [0, 0.05) is 24.7 Å². The van der Waals surface area contributed by atoms with Gasteiger partial charge in [0.15, 0.2) is 0 Å². The van der Waals surface area contributed by atoms with Crippen molar-refractivity contribution in [2.75, 3.05) is 19.6 Å². The van der Waals surface area contributed by atoms with Crippen LogP contribution in [0.2, 0.25) is 0 Å². The number of pyridine rings is 1. The lowest BCUT2D eigenvalue weighted by molar-refractivity contribution is 0.0696. The Morgan fingerprint density at radius 1 is 1.15 bits per heavy atom. The molecule has 2 aromatic rings. The van der Waals surface area contributed by atoms with Crippen molar-refractivity contribution < 1.29 is 9.90 Å². The van der Waals surface area contributed by atoms with Gasteiger partial charge in [0.2, 0.25) is 0 Å². The maximum atomic E-state index is 10.9. The number of nitrogens with zero attached hydrogens (tertiary/aromatic N) is 2. The Kier molecular flexibility index (Phi) is 5.50. The molecule has 2 atom stereocenters. The van der Waals surface area contributed by atoms with Crippen molar-refractivity contribution >= 4 is 5.97 Å². The minimum atomic E-state index is -0.924. The van der Waals surface area contributed by atoms with Crippen molar-refractivity contribution in [1.82, 2.24) is 15.2 Å². The van der Waals surface area contributed by atoms with Gasteiger partial charge < -0.3 is 10.4 Å². The van der Waals surface area contributed by atoms with E-state index in [2.05, 4.69) is 45.5 Å². The van der Waals surface area contributed by atoms with Crippen LogP contribution in [0.4, 0.5) is 0 Å². The summed E-state index contributed by atoms with van der Waals surface area (Å²) in [7, 11) is 0. The number of carboxylic acid groups (broad SMARTS) is 1. The van der Waals surface area contributed by atoms with Gasteiger partial charge >= 0.3 is 5.97 Å². The number of aromatic carboxylic acids is 1. The predicted molar refractivity (Wildman–Crippen MR) is 105 cm³/mol. The molecule has 27 heavy (non-hydrogen) atoms. The summed E-state index contributed by atoms with van der Waals surface area (Å²) in [5, 5.41) is 12.7. The van der Waals surface area contributed by atoms with Crippen molar-refractivity contribution in [2.24, 2.45) is 5.92 Å². The van der Waals surface area contributed by atoms with E-state index in [0.29, 0.717) is 12.0 Å². The van der Waals surface area contributed by atoms with Crippen molar-refractivity contribution in [3.05, 3.63) is 65.5 Å². The van der Waals surface area contributed by atoms with E-state index in [9.17, 15) is 4.79 Å². The fraction of sp³-hybridized carbons (Fsp3) is 0.455. The van der Waals surface area contributed by atoms with Gasteiger partial charge in [-0.2, -0.15) is 0 Å². The van der Waals surface area contributed by atoms with E-state index in [1.165, 1.54) is 31.0 Å². The average molecular weight is 365 g/mol. The van der Waals surface area contributed by atoms with Gasteiger partial charge in [-0.15, -0.1) is 0 Å². The maximum Gasteiger partial charge on any atom is 0.337 e. The van der Waals surface area contributed by atoms with Crippen LogP contribution >= 0.6 is 0 Å². The standard InChI is InChI=1S/C22H27N3O2/c26-22(27)18-6-7-19(23-14-18)15-25-10-8-16(9-11-25)13-24-21-12-20(21)17-4-2-1-3-5-17/h1-7,14,16,20-21,24H,8-13,15H2,(H,26,27)/t20-,21+/m0/s1. The Bertz CT molecular complexity index is 755. The Labute approximate surface area is 160 Å². The second-order valence-corrected chi connectivity index (χ2v) is 7.83. The lowest BCUT2D eigenvalue weighted by Gasteiger charge is -2.31. The zero-order chi connectivity index (χ0) is 18.6. The molecule has 0 bridgehead atoms. The number of piperidine rings is 1. The van der Waals surface area contributed by atoms with Gasteiger partial charge in [-0.3, -0.25) is 9.88 Å². The average Bonchev–Trinajstić information content (AvgIpc) is 3.48. The molecule has 142 valence electrons. The smallest absolute Gasteiger partial charge is 0.337 e. The molecular weight excluding hydrogens is 338 g/mol. The number of likely N-dealkylation sites (tertiary alicyclic amines) is 1. The molecule has 0 amide bonds. The lowest BCUT2D eigenvalue weighted by Crippen LogP contribution is -2.37. The van der Waals surface area contributed by atoms with Gasteiger partial charge in [-0.1, -0.05) is 30.3 Å². The van der Waals surface area contributed by atoms with E-state index in [0.717, 1.165) is 37.8 Å². The molecule has 1 saturated heterocycles. The minimum Gasteiger partial charge on any atom is -0.478 e. The van der Waals surface area contributed by atoms with E-state index in [1.54, 1.807) is 6.07 Å². The summed E-state index contributed by atoms with van der Waals surface area (Å²) in [5.74, 6) is 0.527. The van der Waals surface area contributed by atoms with Gasteiger partial charge in [0.05, 0.1) is 11.3 Å². The van der Waals surface area contributed by atoms with Crippen LogP contribution in [-0.2, 0) is 6.54 Å². The molecule has 1 saturated carbocycles. The van der Waals surface area contributed by atoms with Gasteiger partial charge in [0.1, 0.15) is 0 Å². The topological polar surface area (TPSA) is 65.5 Å². The molecule has 1 aromatic carbocycles. The fourth-order valence-electron chi connectivity index (χ4n) is 4.03. The quantitative estimate of drug-likeness (QED) is 0.789. The molecule has 2 fully saturated rings. The molecule has 0 radical (unpaired) electrons. The van der Waals surface area contributed by atoms with E-state index < -0.39 is 5.97 Å². The lowest BCUT2D eigenvalue weighted by atomic mass is 9.96. The first-order valence-electron chi connectivity index (χ1n) is 9.88. The SMILES string of the molecule is O=C(O)c1ccc(CN2CCC(CN[C@@H]3C[C@H]3c3ccccc3)CC2)nc1. The first-order chi connectivity index (χ1) is 13.2. The zero-order valence-electron chi connectivity index (χ0n) is 15.6. The van der Waals surface area contributed by atoms with Gasteiger partial charge in [0.25, 0.3) is 0 Å². The van der Waals surface area contributed by atoms with Crippen LogP contribution in [0.25, 0.3) is 0 Å². The second kappa shape index (κ2) is 8.19. The number of hydrogen-bond donors (Lipinski definition) is 2. The molecule has 1 aromatic heterocycles. The van der Waals surface area contributed by atoms with Gasteiger partial charge in [-0.25, -0.2) is 4.79 Å². The molecule has 1 aliphatic carbocycles. The Morgan fingerprint density at radius 3 is 2.59 bits per heavy atom. The van der Waals surface area contributed by atoms with Crippen molar-refractivity contribution in [2.45, 2.75) is 37.8 Å². The highest BCUT2D eigenvalue weighted by Crippen LogP contribution is 2.40. The van der Waals surface area contributed by atoms with Crippen molar-refractivity contribution in [1.29, 1.82) is 0 Å². The number of hydrogen-bond acceptors (Lipinski definition) is 4. The predicted octanol–water partition coefficient (Wildman–Crippen LogP) is 3.14. The minimum absolute atomic E-state index is 0.248. The summed E-state index contributed by atoms with van der Waals surface area (Å²) in [4.78, 5) is 17.6. The highest BCUT2D eigenvalue weighted by atomic mass is 16.4.